The van der Waals surface area contributed by atoms with Gasteiger partial charge in [0.15, 0.2) is 16.9 Å². The number of carbonyl (C=O) groups excluding carboxylic acids is 1. The highest BCUT2D eigenvalue weighted by molar-refractivity contribution is 5.82. The number of fused-ring (bicyclic) bond motifs is 1. The molecule has 0 aliphatic carbocycles. The molecule has 1 saturated heterocycles. The molecule has 4 rings (SSSR count). The summed E-state index contributed by atoms with van der Waals surface area (Å²) >= 11 is 0. The third-order valence-corrected chi connectivity index (χ3v) is 6.42. The molecular weight excluding hydrogens is 408 g/mol. The van der Waals surface area contributed by atoms with E-state index in [4.69, 9.17) is 0 Å². The van der Waals surface area contributed by atoms with Crippen LogP contribution in [0.4, 0.5) is 0 Å². The fourth-order valence-electron chi connectivity index (χ4n) is 4.32. The molecule has 3 aromatic rings. The van der Waals surface area contributed by atoms with Gasteiger partial charge in [0.05, 0.1) is 12.6 Å². The van der Waals surface area contributed by atoms with Crippen LogP contribution in [0, 0.1) is 0 Å². The minimum Gasteiger partial charge on any atom is -0.311 e. The zero-order valence-corrected chi connectivity index (χ0v) is 19.1. The molecule has 1 atom stereocenters. The second kappa shape index (κ2) is 8.84. The Balaban J connectivity index is 1.61. The summed E-state index contributed by atoms with van der Waals surface area (Å²) in [6.07, 6.45) is 0. The van der Waals surface area contributed by atoms with Crippen LogP contribution in [-0.2, 0) is 32.0 Å². The monoisotopic (exact) mass is 438 g/mol. The number of imidazole rings is 1. The van der Waals surface area contributed by atoms with Crippen LogP contribution in [0.2, 0.25) is 0 Å². The maximum atomic E-state index is 12.9. The van der Waals surface area contributed by atoms with Gasteiger partial charge in [-0.05, 0) is 19.4 Å². The zero-order valence-electron chi connectivity index (χ0n) is 19.1. The number of aryl methyl sites for hydroxylation is 1. The lowest BCUT2D eigenvalue weighted by molar-refractivity contribution is -0.119. The van der Waals surface area contributed by atoms with Crippen LogP contribution < -0.4 is 11.2 Å². The second-order valence-electron chi connectivity index (χ2n) is 8.60. The Kier molecular flexibility index (Phi) is 6.12. The molecule has 1 aliphatic heterocycles. The Morgan fingerprint density at radius 3 is 2.16 bits per heavy atom. The number of hydrogen-bond acceptors (Lipinski definition) is 6. The van der Waals surface area contributed by atoms with E-state index in [1.807, 2.05) is 6.07 Å². The largest absolute Gasteiger partial charge is 0.332 e. The van der Waals surface area contributed by atoms with E-state index in [1.54, 1.807) is 18.5 Å². The Labute approximate surface area is 186 Å². The molecule has 1 aliphatic rings. The first-order chi connectivity index (χ1) is 15.3. The molecule has 9 heteroatoms. The van der Waals surface area contributed by atoms with E-state index in [9.17, 15) is 14.4 Å². The van der Waals surface area contributed by atoms with Gasteiger partial charge >= 0.3 is 5.69 Å². The number of benzene rings is 1. The Bertz CT molecular complexity index is 1250. The number of aromatic nitrogens is 4. The average Bonchev–Trinajstić information content (AvgIpc) is 3.16. The molecule has 0 amide bonds. The minimum atomic E-state index is -0.542. The highest BCUT2D eigenvalue weighted by atomic mass is 16.2. The van der Waals surface area contributed by atoms with Crippen molar-refractivity contribution in [3.8, 4) is 0 Å². The van der Waals surface area contributed by atoms with Gasteiger partial charge < -0.3 is 4.57 Å². The SMILES string of the molecule is CC(=O)[C@@H](C)n1c(CN2CCN(Cc3ccccc3)CC2)nc2c1c(=O)n(C)c(=O)n2C. The van der Waals surface area contributed by atoms with Gasteiger partial charge in [0.25, 0.3) is 5.56 Å². The number of rotatable bonds is 6. The van der Waals surface area contributed by atoms with E-state index < -0.39 is 17.3 Å². The van der Waals surface area contributed by atoms with Crippen LogP contribution in [0.1, 0.15) is 31.3 Å². The van der Waals surface area contributed by atoms with Gasteiger partial charge in [0.1, 0.15) is 5.82 Å². The average molecular weight is 439 g/mol. The first-order valence-electron chi connectivity index (χ1n) is 10.9. The first-order valence-corrected chi connectivity index (χ1v) is 10.9. The van der Waals surface area contributed by atoms with Crippen molar-refractivity contribution in [3.05, 3.63) is 62.6 Å². The Morgan fingerprint density at radius 2 is 1.56 bits per heavy atom. The summed E-state index contributed by atoms with van der Waals surface area (Å²) < 4.78 is 4.16. The van der Waals surface area contributed by atoms with Crippen LogP contribution in [0.15, 0.2) is 39.9 Å². The van der Waals surface area contributed by atoms with E-state index >= 15 is 0 Å². The van der Waals surface area contributed by atoms with E-state index in [0.29, 0.717) is 23.5 Å². The minimum absolute atomic E-state index is 0.0610. The summed E-state index contributed by atoms with van der Waals surface area (Å²) in [5.41, 5.74) is 1.07. The summed E-state index contributed by atoms with van der Waals surface area (Å²) in [5.74, 6) is 0.576. The topological polar surface area (TPSA) is 85.4 Å². The van der Waals surface area contributed by atoms with Crippen LogP contribution in [0.25, 0.3) is 11.2 Å². The summed E-state index contributed by atoms with van der Waals surface area (Å²) in [6.45, 7) is 8.30. The fourth-order valence-corrected chi connectivity index (χ4v) is 4.32. The highest BCUT2D eigenvalue weighted by Crippen LogP contribution is 2.20. The van der Waals surface area contributed by atoms with E-state index in [2.05, 4.69) is 39.0 Å². The molecule has 1 aromatic carbocycles. The normalized spacial score (nSPS) is 16.5. The molecule has 3 heterocycles. The molecule has 9 nitrogen and oxygen atoms in total. The lowest BCUT2D eigenvalue weighted by Crippen LogP contribution is -2.45. The lowest BCUT2D eigenvalue weighted by Gasteiger charge is -2.34. The van der Waals surface area contributed by atoms with Gasteiger partial charge in [-0.15, -0.1) is 0 Å². The van der Waals surface area contributed by atoms with Gasteiger partial charge in [-0.2, -0.15) is 0 Å². The molecule has 0 saturated carbocycles. The molecule has 170 valence electrons. The third kappa shape index (κ3) is 4.05. The van der Waals surface area contributed by atoms with Crippen LogP contribution in [0.5, 0.6) is 0 Å². The van der Waals surface area contributed by atoms with Crippen molar-refractivity contribution in [2.45, 2.75) is 33.0 Å². The van der Waals surface area contributed by atoms with Gasteiger partial charge in [-0.1, -0.05) is 30.3 Å². The maximum absolute atomic E-state index is 12.9. The van der Waals surface area contributed by atoms with Crippen LogP contribution in [0.3, 0.4) is 0 Å². The predicted octanol–water partition coefficient (Wildman–Crippen LogP) is 0.902. The molecule has 0 N–H and O–H groups in total. The van der Waals surface area contributed by atoms with Gasteiger partial charge in [0, 0.05) is 46.8 Å². The number of hydrogen-bond donors (Lipinski definition) is 0. The number of Topliss-reactive ketones (excluding diaryl/α,β-unsaturated/α-hetero) is 1. The van der Waals surface area contributed by atoms with Gasteiger partial charge in [0.2, 0.25) is 0 Å². The van der Waals surface area contributed by atoms with Gasteiger partial charge in [-0.25, -0.2) is 9.78 Å². The van der Waals surface area contributed by atoms with E-state index in [1.165, 1.54) is 24.1 Å². The van der Waals surface area contributed by atoms with E-state index in [0.717, 1.165) is 37.3 Å². The molecule has 0 unspecified atom stereocenters. The number of piperazine rings is 1. The third-order valence-electron chi connectivity index (χ3n) is 6.42. The number of carbonyl (C=O) groups is 1. The molecule has 2 aromatic heterocycles. The predicted molar refractivity (Wildman–Crippen MR) is 123 cm³/mol. The van der Waals surface area contributed by atoms with Crippen molar-refractivity contribution in [3.63, 3.8) is 0 Å². The molecule has 0 spiro atoms. The van der Waals surface area contributed by atoms with Crippen molar-refractivity contribution >= 4 is 16.9 Å². The summed E-state index contributed by atoms with van der Waals surface area (Å²) in [7, 11) is 3.05. The fraction of sp³-hybridized carbons (Fsp3) is 0.478. The molecular formula is C23H30N6O3. The van der Waals surface area contributed by atoms with Crippen molar-refractivity contribution < 1.29 is 4.79 Å². The van der Waals surface area contributed by atoms with Crippen molar-refractivity contribution in [2.24, 2.45) is 14.1 Å². The molecule has 1 fully saturated rings. The van der Waals surface area contributed by atoms with E-state index in [-0.39, 0.29) is 5.78 Å². The molecule has 0 radical (unpaired) electrons. The summed E-state index contributed by atoms with van der Waals surface area (Å²) in [5, 5.41) is 0. The van der Waals surface area contributed by atoms with Crippen molar-refractivity contribution in [2.75, 3.05) is 26.2 Å². The first kappa shape index (κ1) is 22.2. The number of nitrogens with zero attached hydrogens (tertiary/aromatic N) is 6. The highest BCUT2D eigenvalue weighted by Gasteiger charge is 2.26. The van der Waals surface area contributed by atoms with Crippen LogP contribution >= 0.6 is 0 Å². The van der Waals surface area contributed by atoms with Gasteiger partial charge in [-0.3, -0.25) is 28.5 Å². The summed E-state index contributed by atoms with van der Waals surface area (Å²) in [4.78, 5) is 46.9. The standard InChI is InChI=1S/C23H30N6O3/c1-16(17(2)30)29-19(24-21-20(29)22(31)26(4)23(32)25(21)3)15-28-12-10-27(11-13-28)14-18-8-6-5-7-9-18/h5-9,16H,10-15H2,1-4H3/t16-/m1/s1. The maximum Gasteiger partial charge on any atom is 0.332 e. The quantitative estimate of drug-likeness (QED) is 0.569. The van der Waals surface area contributed by atoms with Crippen LogP contribution in [-0.4, -0.2) is 60.4 Å². The molecule has 32 heavy (non-hydrogen) atoms. The number of ketones is 1. The lowest BCUT2D eigenvalue weighted by atomic mass is 10.2. The summed E-state index contributed by atoms with van der Waals surface area (Å²) in [6, 6.07) is 9.89. The molecule has 0 bridgehead atoms. The second-order valence-corrected chi connectivity index (χ2v) is 8.60. The zero-order chi connectivity index (χ0) is 23.0. The smallest absolute Gasteiger partial charge is 0.311 e. The van der Waals surface area contributed by atoms with Crippen molar-refractivity contribution in [1.82, 2.24) is 28.5 Å². The Morgan fingerprint density at radius 1 is 0.969 bits per heavy atom. The Hall–Kier alpha value is -3.04. The van der Waals surface area contributed by atoms with Crippen molar-refractivity contribution in [1.29, 1.82) is 0 Å².